The first-order valence-corrected chi connectivity index (χ1v) is 6.66. The van der Waals surface area contributed by atoms with Crippen LogP contribution in [0.25, 0.3) is 0 Å². The van der Waals surface area contributed by atoms with Crippen LogP contribution in [0.5, 0.6) is 5.75 Å². The lowest BCUT2D eigenvalue weighted by atomic mass is 9.87. The van der Waals surface area contributed by atoms with E-state index in [1.807, 2.05) is 39.0 Å². The molecule has 2 unspecified atom stereocenters. The summed E-state index contributed by atoms with van der Waals surface area (Å²) >= 11 is 0. The number of fused-ring (bicyclic) bond motifs is 1. The topological polar surface area (TPSA) is 64.4 Å². The van der Waals surface area contributed by atoms with Crippen LogP contribution in [0.4, 0.5) is 0 Å². The highest BCUT2D eigenvalue weighted by atomic mass is 16.5. The Morgan fingerprint density at radius 3 is 2.79 bits per heavy atom. The van der Waals surface area contributed by atoms with Crippen molar-refractivity contribution in [3.8, 4) is 5.75 Å². The summed E-state index contributed by atoms with van der Waals surface area (Å²) in [7, 11) is 0. The number of carbonyl (C=O) groups excluding carboxylic acids is 1. The molecule has 0 radical (unpaired) electrons. The van der Waals surface area contributed by atoms with Gasteiger partial charge in [0.15, 0.2) is 0 Å². The van der Waals surface area contributed by atoms with Crippen molar-refractivity contribution in [2.45, 2.75) is 39.3 Å². The maximum Gasteiger partial charge on any atom is 0.237 e. The van der Waals surface area contributed by atoms with E-state index >= 15 is 0 Å². The smallest absolute Gasteiger partial charge is 0.237 e. The van der Waals surface area contributed by atoms with Crippen molar-refractivity contribution >= 4 is 5.91 Å². The lowest BCUT2D eigenvalue weighted by Crippen LogP contribution is -2.50. The summed E-state index contributed by atoms with van der Waals surface area (Å²) in [6.07, 6.45) is 0.842. The van der Waals surface area contributed by atoms with Gasteiger partial charge in [-0.1, -0.05) is 39.0 Å². The Labute approximate surface area is 114 Å². The van der Waals surface area contributed by atoms with Gasteiger partial charge in [0, 0.05) is 6.42 Å². The van der Waals surface area contributed by atoms with Gasteiger partial charge in [0.05, 0.1) is 12.6 Å². The molecule has 0 fully saturated rings. The molecule has 104 valence electrons. The minimum Gasteiger partial charge on any atom is -0.488 e. The minimum absolute atomic E-state index is 0.00789. The first-order chi connectivity index (χ1) is 8.88. The highest BCUT2D eigenvalue weighted by Gasteiger charge is 2.29. The second-order valence-corrected chi connectivity index (χ2v) is 6.14. The highest BCUT2D eigenvalue weighted by Crippen LogP contribution is 2.27. The van der Waals surface area contributed by atoms with Crippen molar-refractivity contribution in [2.24, 2.45) is 11.1 Å². The zero-order valence-corrected chi connectivity index (χ0v) is 11.8. The van der Waals surface area contributed by atoms with E-state index in [2.05, 4.69) is 11.4 Å². The Morgan fingerprint density at radius 2 is 2.16 bits per heavy atom. The van der Waals surface area contributed by atoms with E-state index in [-0.39, 0.29) is 17.4 Å². The van der Waals surface area contributed by atoms with Crippen molar-refractivity contribution in [1.82, 2.24) is 5.32 Å². The maximum atomic E-state index is 11.9. The molecule has 0 aromatic heterocycles. The predicted octanol–water partition coefficient (Wildman–Crippen LogP) is 1.48. The molecule has 1 heterocycles. The molecule has 2 rings (SSSR count). The van der Waals surface area contributed by atoms with Crippen molar-refractivity contribution < 1.29 is 9.53 Å². The zero-order valence-electron chi connectivity index (χ0n) is 11.8. The summed E-state index contributed by atoms with van der Waals surface area (Å²) in [4.78, 5) is 11.9. The van der Waals surface area contributed by atoms with Crippen LogP contribution < -0.4 is 15.8 Å². The Balaban J connectivity index is 1.84. The van der Waals surface area contributed by atoms with Crippen LogP contribution in [-0.2, 0) is 11.2 Å². The van der Waals surface area contributed by atoms with Crippen LogP contribution in [-0.4, -0.2) is 24.6 Å². The molecule has 0 bridgehead atoms. The average molecular weight is 262 g/mol. The van der Waals surface area contributed by atoms with E-state index in [0.717, 1.165) is 12.2 Å². The van der Waals surface area contributed by atoms with E-state index < -0.39 is 6.04 Å². The standard InChI is InChI=1S/C15H22N2O2/c1-15(2,3)13(16)14(18)17-9-11-8-10-6-4-5-7-12(10)19-11/h4-7,11,13H,8-9,16H2,1-3H3,(H,17,18). The highest BCUT2D eigenvalue weighted by molar-refractivity contribution is 5.82. The first kappa shape index (κ1) is 13.9. The van der Waals surface area contributed by atoms with Gasteiger partial charge >= 0.3 is 0 Å². The number of ether oxygens (including phenoxy) is 1. The van der Waals surface area contributed by atoms with E-state index in [4.69, 9.17) is 10.5 Å². The van der Waals surface area contributed by atoms with Crippen LogP contribution in [0.1, 0.15) is 26.3 Å². The third kappa shape index (κ3) is 3.26. The Hall–Kier alpha value is -1.55. The lowest BCUT2D eigenvalue weighted by molar-refractivity contribution is -0.124. The molecule has 1 aliphatic rings. The van der Waals surface area contributed by atoms with Crippen LogP contribution in [0.3, 0.4) is 0 Å². The molecular weight excluding hydrogens is 240 g/mol. The van der Waals surface area contributed by atoms with E-state index in [1.54, 1.807) is 0 Å². The fraction of sp³-hybridized carbons (Fsp3) is 0.533. The summed E-state index contributed by atoms with van der Waals surface area (Å²) in [5.74, 6) is 0.800. The van der Waals surface area contributed by atoms with Crippen LogP contribution >= 0.6 is 0 Å². The third-order valence-electron chi connectivity index (χ3n) is 3.43. The molecule has 4 heteroatoms. The number of carbonyl (C=O) groups is 1. The molecule has 0 aliphatic carbocycles. The number of benzene rings is 1. The van der Waals surface area contributed by atoms with Gasteiger partial charge < -0.3 is 15.8 Å². The Kier molecular flexibility index (Phi) is 3.80. The number of para-hydroxylation sites is 1. The molecule has 1 aliphatic heterocycles. The second kappa shape index (κ2) is 5.21. The molecule has 0 saturated carbocycles. The summed E-state index contributed by atoms with van der Waals surface area (Å²) < 4.78 is 5.77. The SMILES string of the molecule is CC(C)(C)C(N)C(=O)NCC1Cc2ccccc2O1. The molecule has 0 saturated heterocycles. The van der Waals surface area contributed by atoms with Crippen LogP contribution in [0, 0.1) is 5.41 Å². The number of hydrogen-bond acceptors (Lipinski definition) is 3. The van der Waals surface area contributed by atoms with E-state index in [1.165, 1.54) is 5.56 Å². The summed E-state index contributed by atoms with van der Waals surface area (Å²) in [6.45, 7) is 6.37. The number of hydrogen-bond donors (Lipinski definition) is 2. The lowest BCUT2D eigenvalue weighted by Gasteiger charge is -2.26. The van der Waals surface area contributed by atoms with Crippen molar-refractivity contribution in [1.29, 1.82) is 0 Å². The van der Waals surface area contributed by atoms with Gasteiger partial charge in [-0.2, -0.15) is 0 Å². The van der Waals surface area contributed by atoms with Gasteiger partial charge in [-0.05, 0) is 17.0 Å². The molecular formula is C15H22N2O2. The van der Waals surface area contributed by atoms with Crippen molar-refractivity contribution in [3.05, 3.63) is 29.8 Å². The molecule has 1 aromatic carbocycles. The average Bonchev–Trinajstić information content (AvgIpc) is 2.76. The van der Waals surface area contributed by atoms with E-state index in [9.17, 15) is 4.79 Å². The molecule has 19 heavy (non-hydrogen) atoms. The van der Waals surface area contributed by atoms with Gasteiger partial charge in [-0.15, -0.1) is 0 Å². The third-order valence-corrected chi connectivity index (χ3v) is 3.43. The van der Waals surface area contributed by atoms with E-state index in [0.29, 0.717) is 6.54 Å². The molecule has 4 nitrogen and oxygen atoms in total. The maximum absolute atomic E-state index is 11.9. The van der Waals surface area contributed by atoms with Gasteiger partial charge in [-0.3, -0.25) is 4.79 Å². The monoisotopic (exact) mass is 262 g/mol. The summed E-state index contributed by atoms with van der Waals surface area (Å²) in [5.41, 5.74) is 6.87. The van der Waals surface area contributed by atoms with Crippen LogP contribution in [0.2, 0.25) is 0 Å². The Bertz CT molecular complexity index is 440. The summed E-state index contributed by atoms with van der Waals surface area (Å²) in [6, 6.07) is 7.46. The number of nitrogens with two attached hydrogens (primary N) is 1. The van der Waals surface area contributed by atoms with Gasteiger partial charge in [0.25, 0.3) is 0 Å². The fourth-order valence-corrected chi connectivity index (χ4v) is 2.09. The molecule has 1 aromatic rings. The normalized spacial score (nSPS) is 19.5. The Morgan fingerprint density at radius 1 is 1.47 bits per heavy atom. The number of rotatable bonds is 3. The van der Waals surface area contributed by atoms with Crippen molar-refractivity contribution in [3.63, 3.8) is 0 Å². The predicted molar refractivity (Wildman–Crippen MR) is 75.0 cm³/mol. The minimum atomic E-state index is -0.503. The molecule has 1 amide bonds. The van der Waals surface area contributed by atoms with Crippen molar-refractivity contribution in [2.75, 3.05) is 6.54 Å². The second-order valence-electron chi connectivity index (χ2n) is 6.14. The van der Waals surface area contributed by atoms with Gasteiger partial charge in [-0.25, -0.2) is 0 Å². The van der Waals surface area contributed by atoms with Gasteiger partial charge in [0.1, 0.15) is 11.9 Å². The van der Waals surface area contributed by atoms with Crippen LogP contribution in [0.15, 0.2) is 24.3 Å². The largest absolute Gasteiger partial charge is 0.488 e. The number of nitrogens with one attached hydrogen (secondary N) is 1. The molecule has 3 N–H and O–H groups in total. The molecule has 2 atom stereocenters. The van der Waals surface area contributed by atoms with Gasteiger partial charge in [0.2, 0.25) is 5.91 Å². The quantitative estimate of drug-likeness (QED) is 0.867. The zero-order chi connectivity index (χ0) is 14.0. The number of amides is 1. The fourth-order valence-electron chi connectivity index (χ4n) is 2.09. The molecule has 0 spiro atoms. The first-order valence-electron chi connectivity index (χ1n) is 6.66. The summed E-state index contributed by atoms with van der Waals surface area (Å²) in [5, 5.41) is 2.88.